The summed E-state index contributed by atoms with van der Waals surface area (Å²) in [5, 5.41) is 5.93. The van der Waals surface area contributed by atoms with Crippen LogP contribution in [0.3, 0.4) is 0 Å². The average Bonchev–Trinajstić information content (AvgIpc) is 2.45. The van der Waals surface area contributed by atoms with Gasteiger partial charge in [0.1, 0.15) is 5.75 Å². The van der Waals surface area contributed by atoms with Gasteiger partial charge >= 0.3 is 0 Å². The summed E-state index contributed by atoms with van der Waals surface area (Å²) in [5.74, 6) is 0.895. The van der Waals surface area contributed by atoms with Gasteiger partial charge in [0.05, 0.1) is 7.11 Å². The van der Waals surface area contributed by atoms with Crippen LogP contribution in [-0.4, -0.2) is 13.2 Å². The molecule has 2 nitrogen and oxygen atoms in total. The van der Waals surface area contributed by atoms with Crippen LogP contribution in [0.2, 0.25) is 0 Å². The first-order valence-electron chi connectivity index (χ1n) is 6.60. The Morgan fingerprint density at radius 2 is 1.79 bits per heavy atom. The highest BCUT2D eigenvalue weighted by atomic mass is 16.5. The second-order valence-corrected chi connectivity index (χ2v) is 4.89. The first-order valence-corrected chi connectivity index (χ1v) is 6.60. The number of fused-ring (bicyclic) bond motifs is 1. The van der Waals surface area contributed by atoms with E-state index < -0.39 is 0 Å². The summed E-state index contributed by atoms with van der Waals surface area (Å²) in [6.45, 7) is 8.08. The molecule has 1 N–H and O–H groups in total. The first-order chi connectivity index (χ1) is 9.13. The van der Waals surface area contributed by atoms with Crippen molar-refractivity contribution in [3.05, 3.63) is 54.6 Å². The maximum atomic E-state index is 5.24. The van der Waals surface area contributed by atoms with Crippen LogP contribution in [0.5, 0.6) is 5.75 Å². The van der Waals surface area contributed by atoms with Crippen molar-refractivity contribution in [2.75, 3.05) is 7.11 Å². The SMILES string of the molecule is C=CC(C)NC(C)c1ccc2cc(OC)ccc2c1. The Kier molecular flexibility index (Phi) is 4.23. The molecule has 0 fully saturated rings. The average molecular weight is 255 g/mol. The Labute approximate surface area is 115 Å². The molecule has 0 saturated heterocycles. The molecular weight excluding hydrogens is 234 g/mol. The van der Waals surface area contributed by atoms with Crippen molar-refractivity contribution in [2.45, 2.75) is 25.9 Å². The molecule has 0 spiro atoms. The summed E-state index contributed by atoms with van der Waals surface area (Å²) in [7, 11) is 1.69. The fourth-order valence-corrected chi connectivity index (χ4v) is 2.20. The van der Waals surface area contributed by atoms with E-state index in [4.69, 9.17) is 4.74 Å². The first kappa shape index (κ1) is 13.6. The van der Waals surface area contributed by atoms with E-state index in [0.29, 0.717) is 12.1 Å². The lowest BCUT2D eigenvalue weighted by molar-refractivity contribution is 0.415. The molecule has 0 aliphatic heterocycles. The van der Waals surface area contributed by atoms with Gasteiger partial charge < -0.3 is 10.1 Å². The molecule has 0 aliphatic rings. The van der Waals surface area contributed by atoms with E-state index in [9.17, 15) is 0 Å². The standard InChI is InChI=1S/C17H21NO/c1-5-12(2)18-13(3)14-6-7-16-11-17(19-4)9-8-15(16)10-14/h5-13,18H,1H2,2-4H3. The molecule has 19 heavy (non-hydrogen) atoms. The van der Waals surface area contributed by atoms with E-state index in [0.717, 1.165) is 5.75 Å². The number of rotatable bonds is 5. The fourth-order valence-electron chi connectivity index (χ4n) is 2.20. The van der Waals surface area contributed by atoms with Crippen LogP contribution in [0.4, 0.5) is 0 Å². The lowest BCUT2D eigenvalue weighted by Gasteiger charge is -2.18. The highest BCUT2D eigenvalue weighted by Crippen LogP contribution is 2.24. The van der Waals surface area contributed by atoms with Gasteiger partial charge in [-0.3, -0.25) is 0 Å². The van der Waals surface area contributed by atoms with E-state index in [1.807, 2.05) is 12.1 Å². The van der Waals surface area contributed by atoms with Crippen LogP contribution in [-0.2, 0) is 0 Å². The molecule has 0 heterocycles. The molecule has 0 amide bonds. The number of benzene rings is 2. The maximum absolute atomic E-state index is 5.24. The van der Waals surface area contributed by atoms with Crippen LogP contribution in [0, 0.1) is 0 Å². The van der Waals surface area contributed by atoms with Crippen molar-refractivity contribution in [1.29, 1.82) is 0 Å². The predicted octanol–water partition coefficient (Wildman–Crippen LogP) is 4.07. The van der Waals surface area contributed by atoms with E-state index >= 15 is 0 Å². The highest BCUT2D eigenvalue weighted by Gasteiger charge is 2.08. The van der Waals surface area contributed by atoms with Crippen LogP contribution in [0.1, 0.15) is 25.5 Å². The molecule has 2 aromatic rings. The third-order valence-corrected chi connectivity index (χ3v) is 3.44. The largest absolute Gasteiger partial charge is 0.497 e. The highest BCUT2D eigenvalue weighted by molar-refractivity contribution is 5.84. The zero-order chi connectivity index (χ0) is 13.8. The Balaban J connectivity index is 2.28. The minimum absolute atomic E-state index is 0.305. The van der Waals surface area contributed by atoms with Crippen LogP contribution in [0.15, 0.2) is 49.1 Å². The molecule has 2 heteroatoms. The summed E-state index contributed by atoms with van der Waals surface area (Å²) in [6, 6.07) is 13.3. The Hall–Kier alpha value is -1.80. The number of methoxy groups -OCH3 is 1. The molecular formula is C17H21NO. The normalized spacial score (nSPS) is 14.1. The maximum Gasteiger partial charge on any atom is 0.119 e. The summed E-state index contributed by atoms with van der Waals surface area (Å²) >= 11 is 0. The van der Waals surface area contributed by atoms with Crippen molar-refractivity contribution in [2.24, 2.45) is 0 Å². The molecule has 0 aliphatic carbocycles. The van der Waals surface area contributed by atoms with Crippen LogP contribution < -0.4 is 10.1 Å². The van der Waals surface area contributed by atoms with Gasteiger partial charge in [-0.2, -0.15) is 0 Å². The zero-order valence-corrected chi connectivity index (χ0v) is 11.8. The minimum atomic E-state index is 0.305. The number of hydrogen-bond acceptors (Lipinski definition) is 2. The topological polar surface area (TPSA) is 21.3 Å². The second kappa shape index (κ2) is 5.89. The van der Waals surface area contributed by atoms with Crippen molar-refractivity contribution >= 4 is 10.8 Å². The third-order valence-electron chi connectivity index (χ3n) is 3.44. The molecule has 0 aromatic heterocycles. The molecule has 2 atom stereocenters. The zero-order valence-electron chi connectivity index (χ0n) is 11.8. The molecule has 2 unspecified atom stereocenters. The van der Waals surface area contributed by atoms with Crippen LogP contribution in [0.25, 0.3) is 10.8 Å². The Morgan fingerprint density at radius 1 is 1.11 bits per heavy atom. The summed E-state index contributed by atoms with van der Waals surface area (Å²) in [6.07, 6.45) is 1.92. The second-order valence-electron chi connectivity index (χ2n) is 4.89. The number of nitrogens with one attached hydrogen (secondary N) is 1. The monoisotopic (exact) mass is 255 g/mol. The number of ether oxygens (including phenoxy) is 1. The molecule has 0 bridgehead atoms. The Bertz CT molecular complexity index is 576. The van der Waals surface area contributed by atoms with Gasteiger partial charge in [0, 0.05) is 12.1 Å². The van der Waals surface area contributed by atoms with Crippen LogP contribution >= 0.6 is 0 Å². The van der Waals surface area contributed by atoms with Gasteiger partial charge in [-0.15, -0.1) is 6.58 Å². The molecule has 2 rings (SSSR count). The lowest BCUT2D eigenvalue weighted by atomic mass is 10.0. The van der Waals surface area contributed by atoms with Crippen molar-refractivity contribution in [3.63, 3.8) is 0 Å². The summed E-state index contributed by atoms with van der Waals surface area (Å²) in [4.78, 5) is 0. The smallest absolute Gasteiger partial charge is 0.119 e. The Morgan fingerprint density at radius 3 is 2.47 bits per heavy atom. The lowest BCUT2D eigenvalue weighted by Crippen LogP contribution is -2.26. The molecule has 100 valence electrons. The summed E-state index contributed by atoms with van der Waals surface area (Å²) < 4.78 is 5.24. The minimum Gasteiger partial charge on any atom is -0.497 e. The van der Waals surface area contributed by atoms with Gasteiger partial charge in [-0.25, -0.2) is 0 Å². The summed E-state index contributed by atoms with van der Waals surface area (Å²) in [5.41, 5.74) is 1.28. The molecule has 0 saturated carbocycles. The van der Waals surface area contributed by atoms with Crippen molar-refractivity contribution < 1.29 is 4.74 Å². The van der Waals surface area contributed by atoms with Crippen molar-refractivity contribution in [3.8, 4) is 5.75 Å². The quantitative estimate of drug-likeness (QED) is 0.813. The third kappa shape index (κ3) is 3.15. The van der Waals surface area contributed by atoms with E-state index in [2.05, 4.69) is 56.1 Å². The van der Waals surface area contributed by atoms with Gasteiger partial charge in [0.25, 0.3) is 0 Å². The van der Waals surface area contributed by atoms with Gasteiger partial charge in [0.15, 0.2) is 0 Å². The fraction of sp³-hybridized carbons (Fsp3) is 0.294. The van der Waals surface area contributed by atoms with Gasteiger partial charge in [-0.05, 0) is 48.4 Å². The van der Waals surface area contributed by atoms with Gasteiger partial charge in [-0.1, -0.05) is 24.3 Å². The number of hydrogen-bond donors (Lipinski definition) is 1. The van der Waals surface area contributed by atoms with Gasteiger partial charge in [0.2, 0.25) is 0 Å². The van der Waals surface area contributed by atoms with E-state index in [1.54, 1.807) is 7.11 Å². The van der Waals surface area contributed by atoms with Crippen molar-refractivity contribution in [1.82, 2.24) is 5.32 Å². The molecule has 2 aromatic carbocycles. The molecule has 0 radical (unpaired) electrons. The van der Waals surface area contributed by atoms with E-state index in [1.165, 1.54) is 16.3 Å². The predicted molar refractivity (Wildman–Crippen MR) is 81.7 cm³/mol. The van der Waals surface area contributed by atoms with E-state index in [-0.39, 0.29) is 0 Å².